The number of benzene rings is 2. The van der Waals surface area contributed by atoms with Gasteiger partial charge in [0.15, 0.2) is 0 Å². The second kappa shape index (κ2) is 4.39. The highest BCUT2D eigenvalue weighted by atomic mass is 32.1. The van der Waals surface area contributed by atoms with Crippen LogP contribution in [0.15, 0.2) is 53.9 Å². The third kappa shape index (κ3) is 1.63. The van der Waals surface area contributed by atoms with Gasteiger partial charge in [0.2, 0.25) is 0 Å². The van der Waals surface area contributed by atoms with Gasteiger partial charge in [0, 0.05) is 27.6 Å². The molecule has 4 rings (SSSR count). The maximum absolute atomic E-state index is 6.11. The quantitative estimate of drug-likeness (QED) is 0.477. The molecule has 2 heterocycles. The first-order chi connectivity index (χ1) is 9.86. The molecule has 0 atom stereocenters. The lowest BCUT2D eigenvalue weighted by atomic mass is 10.0. The second-order valence-corrected chi connectivity index (χ2v) is 5.54. The SMILES string of the molecule is COc1ccc2c(c1)Oc1ccccc1-c1ccsc1-2. The molecule has 20 heavy (non-hydrogen) atoms. The standard InChI is InChI=1S/C17H12O2S/c1-18-11-6-7-14-16(10-11)19-15-5-3-2-4-12(15)13-8-9-20-17(13)14/h2-10H,1H3. The van der Waals surface area contributed by atoms with Gasteiger partial charge in [0.1, 0.15) is 17.2 Å². The topological polar surface area (TPSA) is 18.5 Å². The van der Waals surface area contributed by atoms with E-state index in [1.165, 1.54) is 10.4 Å². The van der Waals surface area contributed by atoms with E-state index in [1.807, 2.05) is 30.3 Å². The molecule has 0 aliphatic carbocycles. The van der Waals surface area contributed by atoms with Crippen molar-refractivity contribution < 1.29 is 9.47 Å². The fourth-order valence-electron chi connectivity index (χ4n) is 2.53. The summed E-state index contributed by atoms with van der Waals surface area (Å²) >= 11 is 1.74. The maximum Gasteiger partial charge on any atom is 0.139 e. The fourth-order valence-corrected chi connectivity index (χ4v) is 3.47. The van der Waals surface area contributed by atoms with E-state index < -0.39 is 0 Å². The average molecular weight is 280 g/mol. The molecule has 98 valence electrons. The summed E-state index contributed by atoms with van der Waals surface area (Å²) in [6.45, 7) is 0. The van der Waals surface area contributed by atoms with Crippen molar-refractivity contribution in [2.75, 3.05) is 7.11 Å². The molecule has 1 aromatic heterocycles. The molecule has 0 spiro atoms. The highest BCUT2D eigenvalue weighted by Gasteiger charge is 2.21. The van der Waals surface area contributed by atoms with E-state index in [2.05, 4.69) is 23.6 Å². The van der Waals surface area contributed by atoms with Crippen molar-refractivity contribution in [1.82, 2.24) is 0 Å². The summed E-state index contributed by atoms with van der Waals surface area (Å²) in [5.41, 5.74) is 3.49. The van der Waals surface area contributed by atoms with Crippen LogP contribution in [0.4, 0.5) is 0 Å². The molecule has 0 unspecified atom stereocenters. The van der Waals surface area contributed by atoms with Crippen LogP contribution >= 0.6 is 11.3 Å². The van der Waals surface area contributed by atoms with Crippen molar-refractivity contribution in [3.63, 3.8) is 0 Å². The number of thiophene rings is 1. The molecule has 0 radical (unpaired) electrons. The lowest BCUT2D eigenvalue weighted by molar-refractivity contribution is 0.409. The van der Waals surface area contributed by atoms with Crippen molar-refractivity contribution in [3.05, 3.63) is 53.9 Å². The van der Waals surface area contributed by atoms with E-state index in [4.69, 9.17) is 9.47 Å². The minimum atomic E-state index is 0.807. The number of hydrogen-bond acceptors (Lipinski definition) is 3. The van der Waals surface area contributed by atoms with Gasteiger partial charge in [0.25, 0.3) is 0 Å². The van der Waals surface area contributed by atoms with E-state index in [0.717, 1.165) is 28.4 Å². The van der Waals surface area contributed by atoms with Gasteiger partial charge in [0.05, 0.1) is 7.11 Å². The van der Waals surface area contributed by atoms with Crippen LogP contribution in [-0.4, -0.2) is 7.11 Å². The Hall–Kier alpha value is -2.26. The Balaban J connectivity index is 2.04. The molecule has 2 aromatic carbocycles. The van der Waals surface area contributed by atoms with Crippen LogP contribution in [0, 0.1) is 0 Å². The van der Waals surface area contributed by atoms with Gasteiger partial charge in [-0.1, -0.05) is 18.2 Å². The smallest absolute Gasteiger partial charge is 0.139 e. The number of hydrogen-bond donors (Lipinski definition) is 0. The van der Waals surface area contributed by atoms with Gasteiger partial charge in [-0.25, -0.2) is 0 Å². The normalized spacial score (nSPS) is 11.7. The Morgan fingerprint density at radius 1 is 0.900 bits per heavy atom. The van der Waals surface area contributed by atoms with Gasteiger partial charge in [-0.05, 0) is 29.6 Å². The Labute approximate surface area is 121 Å². The molecular weight excluding hydrogens is 268 g/mol. The van der Waals surface area contributed by atoms with E-state index >= 15 is 0 Å². The van der Waals surface area contributed by atoms with Crippen LogP contribution in [-0.2, 0) is 0 Å². The third-order valence-corrected chi connectivity index (χ3v) is 4.44. The molecule has 1 aliphatic rings. The molecule has 0 saturated carbocycles. The van der Waals surface area contributed by atoms with Gasteiger partial charge < -0.3 is 9.47 Å². The first kappa shape index (κ1) is 11.6. The summed E-state index contributed by atoms with van der Waals surface area (Å²) in [7, 11) is 1.67. The second-order valence-electron chi connectivity index (χ2n) is 4.62. The zero-order chi connectivity index (χ0) is 13.5. The van der Waals surface area contributed by atoms with E-state index in [9.17, 15) is 0 Å². The molecule has 0 fully saturated rings. The summed E-state index contributed by atoms with van der Waals surface area (Å²) in [5, 5.41) is 2.13. The largest absolute Gasteiger partial charge is 0.497 e. The molecule has 0 bridgehead atoms. The van der Waals surface area contributed by atoms with Gasteiger partial charge in [-0.2, -0.15) is 0 Å². The molecule has 2 nitrogen and oxygen atoms in total. The Kier molecular flexibility index (Phi) is 2.54. The highest BCUT2D eigenvalue weighted by molar-refractivity contribution is 7.14. The molecular formula is C17H12O2S. The Morgan fingerprint density at radius 2 is 1.80 bits per heavy atom. The zero-order valence-electron chi connectivity index (χ0n) is 10.9. The van der Waals surface area contributed by atoms with Crippen LogP contribution in [0.25, 0.3) is 21.6 Å². The maximum atomic E-state index is 6.11. The summed E-state index contributed by atoms with van der Waals surface area (Å²) in [6, 6.07) is 16.3. The van der Waals surface area contributed by atoms with Crippen molar-refractivity contribution in [2.24, 2.45) is 0 Å². The molecule has 1 aliphatic heterocycles. The minimum Gasteiger partial charge on any atom is -0.497 e. The van der Waals surface area contributed by atoms with Gasteiger partial charge in [-0.15, -0.1) is 11.3 Å². The first-order valence-electron chi connectivity index (χ1n) is 6.40. The molecule has 0 saturated heterocycles. The zero-order valence-corrected chi connectivity index (χ0v) is 11.7. The fraction of sp³-hybridized carbons (Fsp3) is 0.0588. The summed E-state index contributed by atoms with van der Waals surface area (Å²) < 4.78 is 11.4. The predicted octanol–water partition coefficient (Wildman–Crippen LogP) is 5.20. The average Bonchev–Trinajstić information content (AvgIpc) is 2.92. The number of methoxy groups -OCH3 is 1. The van der Waals surface area contributed by atoms with Gasteiger partial charge in [-0.3, -0.25) is 0 Å². The van der Waals surface area contributed by atoms with Crippen LogP contribution in [0.5, 0.6) is 17.2 Å². The van der Waals surface area contributed by atoms with Crippen molar-refractivity contribution >= 4 is 11.3 Å². The summed E-state index contributed by atoms with van der Waals surface area (Å²) in [6.07, 6.45) is 0. The summed E-state index contributed by atoms with van der Waals surface area (Å²) in [4.78, 5) is 1.24. The Bertz CT molecular complexity index is 789. The van der Waals surface area contributed by atoms with Crippen LogP contribution in [0.1, 0.15) is 0 Å². The molecule has 0 amide bonds. The predicted molar refractivity (Wildman–Crippen MR) is 81.8 cm³/mol. The monoisotopic (exact) mass is 280 g/mol. The van der Waals surface area contributed by atoms with Crippen LogP contribution in [0.3, 0.4) is 0 Å². The highest BCUT2D eigenvalue weighted by Crippen LogP contribution is 2.49. The van der Waals surface area contributed by atoms with Crippen LogP contribution < -0.4 is 9.47 Å². The Morgan fingerprint density at radius 3 is 2.70 bits per heavy atom. The van der Waals surface area contributed by atoms with Crippen LogP contribution in [0.2, 0.25) is 0 Å². The number of fused-ring (bicyclic) bond motifs is 5. The minimum absolute atomic E-state index is 0.807. The molecule has 3 heteroatoms. The van der Waals surface area contributed by atoms with E-state index in [-0.39, 0.29) is 0 Å². The van der Waals surface area contributed by atoms with Crippen molar-refractivity contribution in [3.8, 4) is 38.8 Å². The van der Waals surface area contributed by atoms with Crippen molar-refractivity contribution in [2.45, 2.75) is 0 Å². The van der Waals surface area contributed by atoms with E-state index in [0.29, 0.717) is 0 Å². The lowest BCUT2D eigenvalue weighted by Gasteiger charge is -2.10. The van der Waals surface area contributed by atoms with Crippen molar-refractivity contribution in [1.29, 1.82) is 0 Å². The van der Waals surface area contributed by atoms with Gasteiger partial charge >= 0.3 is 0 Å². The number of rotatable bonds is 1. The summed E-state index contributed by atoms with van der Waals surface area (Å²) in [5.74, 6) is 2.54. The van der Waals surface area contributed by atoms with E-state index in [1.54, 1.807) is 18.4 Å². The molecule has 0 N–H and O–H groups in total. The third-order valence-electron chi connectivity index (χ3n) is 3.50. The lowest BCUT2D eigenvalue weighted by Crippen LogP contribution is -1.88. The number of ether oxygens (including phenoxy) is 2. The first-order valence-corrected chi connectivity index (χ1v) is 7.28. The molecule has 3 aromatic rings. The number of para-hydroxylation sites is 1.